The van der Waals surface area contributed by atoms with Gasteiger partial charge in [-0.1, -0.05) is 0 Å². The van der Waals surface area contributed by atoms with Gasteiger partial charge in [0, 0.05) is 17.1 Å². The van der Waals surface area contributed by atoms with Gasteiger partial charge >= 0.3 is 0 Å². The van der Waals surface area contributed by atoms with E-state index in [-0.39, 0.29) is 5.56 Å². The van der Waals surface area contributed by atoms with Crippen LogP contribution in [0.15, 0.2) is 20.7 Å². The summed E-state index contributed by atoms with van der Waals surface area (Å²) in [5.41, 5.74) is 0.901. The van der Waals surface area contributed by atoms with Crippen molar-refractivity contribution >= 4 is 37.4 Å². The largest absolute Gasteiger partial charge is 0.325 e. The van der Waals surface area contributed by atoms with E-state index in [1.54, 1.807) is 17.4 Å². The normalized spacial score (nSPS) is 10.8. The van der Waals surface area contributed by atoms with E-state index in [9.17, 15) is 4.79 Å². The second kappa shape index (κ2) is 2.71. The monoisotopic (exact) mass is 243 g/mol. The Morgan fingerprint density at radius 1 is 1.50 bits per heavy atom. The summed E-state index contributed by atoms with van der Waals surface area (Å²) in [5, 5.41) is 1.01. The summed E-state index contributed by atoms with van der Waals surface area (Å²) >= 11 is 5.02. The predicted molar refractivity (Wildman–Crippen MR) is 54.9 cm³/mol. The molecular formula is C8H6BrNOS. The van der Waals surface area contributed by atoms with Crippen LogP contribution in [0.3, 0.4) is 0 Å². The first-order chi connectivity index (χ1) is 5.66. The lowest BCUT2D eigenvalue weighted by molar-refractivity contribution is 1.18. The number of H-pyrrole nitrogens is 1. The number of aromatic amines is 1. The number of hydrogen-bond acceptors (Lipinski definition) is 2. The van der Waals surface area contributed by atoms with Gasteiger partial charge in [0.2, 0.25) is 5.56 Å². The molecule has 2 aromatic rings. The number of nitrogens with one attached hydrogen (secondary N) is 1. The summed E-state index contributed by atoms with van der Waals surface area (Å²) < 4.78 is 2.20. The highest BCUT2D eigenvalue weighted by Crippen LogP contribution is 2.29. The van der Waals surface area contributed by atoms with Crippen molar-refractivity contribution in [1.82, 2.24) is 4.98 Å². The van der Waals surface area contributed by atoms with Crippen molar-refractivity contribution in [2.45, 2.75) is 6.92 Å². The van der Waals surface area contributed by atoms with Crippen molar-refractivity contribution in [2.75, 3.05) is 0 Å². The Morgan fingerprint density at radius 3 is 3.00 bits per heavy atom. The van der Waals surface area contributed by atoms with E-state index in [0.717, 1.165) is 19.6 Å². The van der Waals surface area contributed by atoms with E-state index in [1.807, 2.05) is 13.0 Å². The maximum atomic E-state index is 11.0. The lowest BCUT2D eigenvalue weighted by Crippen LogP contribution is -2.03. The van der Waals surface area contributed by atoms with Crippen LogP contribution >= 0.6 is 27.3 Å². The molecule has 0 bridgehead atoms. The Labute approximate surface area is 81.4 Å². The number of aromatic nitrogens is 1. The third kappa shape index (κ3) is 1.21. The molecule has 0 saturated heterocycles. The minimum Gasteiger partial charge on any atom is -0.325 e. The molecule has 2 aromatic heterocycles. The molecule has 0 aliphatic rings. The van der Waals surface area contributed by atoms with Crippen LogP contribution in [0.5, 0.6) is 0 Å². The minimum atomic E-state index is -0.0368. The third-order valence-corrected chi connectivity index (χ3v) is 3.44. The topological polar surface area (TPSA) is 32.9 Å². The van der Waals surface area contributed by atoms with E-state index < -0.39 is 0 Å². The number of aryl methyl sites for hydroxylation is 1. The highest BCUT2D eigenvalue weighted by Gasteiger charge is 2.02. The van der Waals surface area contributed by atoms with Gasteiger partial charge < -0.3 is 4.98 Å². The summed E-state index contributed by atoms with van der Waals surface area (Å²) in [4.78, 5) is 13.8. The van der Waals surface area contributed by atoms with Gasteiger partial charge in [-0.3, -0.25) is 4.79 Å². The van der Waals surface area contributed by atoms with Gasteiger partial charge in [0.25, 0.3) is 0 Å². The number of hydrogen-bond donors (Lipinski definition) is 1. The van der Waals surface area contributed by atoms with Crippen molar-refractivity contribution in [3.63, 3.8) is 0 Å². The average molecular weight is 244 g/mol. The Morgan fingerprint density at radius 2 is 2.25 bits per heavy atom. The molecule has 0 radical (unpaired) electrons. The molecule has 2 nitrogen and oxygen atoms in total. The van der Waals surface area contributed by atoms with Crippen LogP contribution in [-0.2, 0) is 0 Å². The van der Waals surface area contributed by atoms with Crippen molar-refractivity contribution in [3.8, 4) is 0 Å². The zero-order chi connectivity index (χ0) is 8.72. The molecule has 0 aliphatic heterocycles. The van der Waals surface area contributed by atoms with E-state index in [0.29, 0.717) is 0 Å². The molecule has 0 amide bonds. The van der Waals surface area contributed by atoms with Gasteiger partial charge in [0.05, 0.1) is 8.49 Å². The first-order valence-electron chi connectivity index (χ1n) is 3.46. The maximum absolute atomic E-state index is 11.0. The smallest absolute Gasteiger partial charge is 0.248 e. The summed E-state index contributed by atoms with van der Waals surface area (Å²) in [6.07, 6.45) is 0. The number of pyridine rings is 1. The summed E-state index contributed by atoms with van der Waals surface area (Å²) in [5.74, 6) is 0. The van der Waals surface area contributed by atoms with E-state index >= 15 is 0 Å². The van der Waals surface area contributed by atoms with Gasteiger partial charge in [-0.2, -0.15) is 0 Å². The highest BCUT2D eigenvalue weighted by atomic mass is 79.9. The Balaban J connectivity index is 2.97. The van der Waals surface area contributed by atoms with Gasteiger partial charge in [0.1, 0.15) is 0 Å². The molecule has 62 valence electrons. The maximum Gasteiger partial charge on any atom is 0.248 e. The van der Waals surface area contributed by atoms with Gasteiger partial charge in [-0.05, 0) is 28.9 Å². The molecule has 4 heteroatoms. The molecule has 0 atom stereocenters. The van der Waals surface area contributed by atoms with E-state index in [2.05, 4.69) is 20.9 Å². The second-order valence-corrected chi connectivity index (χ2v) is 5.03. The lowest BCUT2D eigenvalue weighted by Gasteiger charge is -1.92. The van der Waals surface area contributed by atoms with Crippen LogP contribution < -0.4 is 5.56 Å². The van der Waals surface area contributed by atoms with Crippen molar-refractivity contribution in [2.24, 2.45) is 0 Å². The van der Waals surface area contributed by atoms with Crippen LogP contribution in [0.4, 0.5) is 0 Å². The summed E-state index contributed by atoms with van der Waals surface area (Å²) in [6, 6.07) is 3.58. The molecule has 12 heavy (non-hydrogen) atoms. The number of fused-ring (bicyclic) bond motifs is 1. The first-order valence-corrected chi connectivity index (χ1v) is 5.07. The van der Waals surface area contributed by atoms with Gasteiger partial charge in [-0.25, -0.2) is 0 Å². The Bertz CT molecular complexity index is 485. The minimum absolute atomic E-state index is 0.0368. The fraction of sp³-hybridized carbons (Fsp3) is 0.125. The summed E-state index contributed by atoms with van der Waals surface area (Å²) in [6.45, 7) is 1.91. The Kier molecular flexibility index (Phi) is 1.81. The molecular weight excluding hydrogens is 238 g/mol. The van der Waals surface area contributed by atoms with Crippen molar-refractivity contribution < 1.29 is 0 Å². The van der Waals surface area contributed by atoms with E-state index in [4.69, 9.17) is 0 Å². The third-order valence-electron chi connectivity index (χ3n) is 1.67. The fourth-order valence-corrected chi connectivity index (χ4v) is 2.75. The Hall–Kier alpha value is -0.610. The molecule has 2 rings (SSSR count). The van der Waals surface area contributed by atoms with E-state index in [1.165, 1.54) is 0 Å². The van der Waals surface area contributed by atoms with Crippen LogP contribution in [0.1, 0.15) is 5.69 Å². The quantitative estimate of drug-likeness (QED) is 0.759. The number of thiophene rings is 1. The summed E-state index contributed by atoms with van der Waals surface area (Å²) in [7, 11) is 0. The van der Waals surface area contributed by atoms with Crippen LogP contribution in [0, 0.1) is 6.92 Å². The molecule has 1 N–H and O–H groups in total. The standard InChI is InChI=1S/C8H6BrNOS/c1-4-8-5(2-6(9)12-8)3-7(11)10-4/h2-3H,1H3,(H,10,11). The fourth-order valence-electron chi connectivity index (χ4n) is 1.19. The molecule has 0 aromatic carbocycles. The molecule has 0 saturated carbocycles. The van der Waals surface area contributed by atoms with Crippen LogP contribution in [0.25, 0.3) is 10.1 Å². The van der Waals surface area contributed by atoms with Crippen LogP contribution in [0.2, 0.25) is 0 Å². The van der Waals surface area contributed by atoms with Gasteiger partial charge in [0.15, 0.2) is 0 Å². The first kappa shape index (κ1) is 8.01. The van der Waals surface area contributed by atoms with Crippen molar-refractivity contribution in [1.29, 1.82) is 0 Å². The zero-order valence-electron chi connectivity index (χ0n) is 6.35. The average Bonchev–Trinajstić information content (AvgIpc) is 2.29. The SMILES string of the molecule is Cc1[nH]c(=O)cc2cc(Br)sc12. The lowest BCUT2D eigenvalue weighted by atomic mass is 10.3. The van der Waals surface area contributed by atoms with Crippen molar-refractivity contribution in [3.05, 3.63) is 32.0 Å². The highest BCUT2D eigenvalue weighted by molar-refractivity contribution is 9.11. The van der Waals surface area contributed by atoms with Gasteiger partial charge in [-0.15, -0.1) is 11.3 Å². The molecule has 0 fully saturated rings. The number of halogens is 1. The number of rotatable bonds is 0. The molecule has 0 unspecified atom stereocenters. The predicted octanol–water partition coefficient (Wildman–Crippen LogP) is 2.66. The molecule has 0 aliphatic carbocycles. The zero-order valence-corrected chi connectivity index (χ0v) is 8.75. The second-order valence-electron chi connectivity index (χ2n) is 2.59. The van der Waals surface area contributed by atoms with Crippen LogP contribution in [-0.4, -0.2) is 4.98 Å². The molecule has 0 spiro atoms. The molecule has 2 heterocycles.